The van der Waals surface area contributed by atoms with Crippen molar-refractivity contribution in [2.45, 2.75) is 32.9 Å². The molecule has 1 atom stereocenters. The summed E-state index contributed by atoms with van der Waals surface area (Å²) in [5.74, 6) is 3.18. The Morgan fingerprint density at radius 3 is 2.54 bits per heavy atom. The van der Waals surface area contributed by atoms with Crippen LogP contribution in [0.3, 0.4) is 0 Å². The molecule has 7 nitrogen and oxygen atoms in total. The molecular formula is C19H19BrN6OS. The summed E-state index contributed by atoms with van der Waals surface area (Å²) in [5.41, 5.74) is 0.485. The molecule has 9 heteroatoms. The summed E-state index contributed by atoms with van der Waals surface area (Å²) in [4.78, 5) is 5.49. The number of aryl methyl sites for hydroxylation is 1. The van der Waals surface area contributed by atoms with Gasteiger partial charge in [-0.3, -0.25) is 4.57 Å². The van der Waals surface area contributed by atoms with Crippen LogP contribution in [0.25, 0.3) is 16.4 Å². The maximum Gasteiger partial charge on any atom is 0.178 e. The number of thiophene rings is 1. The molecule has 3 heterocycles. The molecule has 0 radical (unpaired) electrons. The molecule has 1 unspecified atom stereocenters. The molecule has 4 rings (SSSR count). The third-order valence-corrected chi connectivity index (χ3v) is 5.99. The van der Waals surface area contributed by atoms with E-state index >= 15 is 0 Å². The van der Waals surface area contributed by atoms with Crippen molar-refractivity contribution < 1.29 is 4.74 Å². The molecule has 0 bridgehead atoms. The van der Waals surface area contributed by atoms with Gasteiger partial charge in [0.15, 0.2) is 11.5 Å². The lowest BCUT2D eigenvalue weighted by Gasteiger charge is -2.16. The summed E-state index contributed by atoms with van der Waals surface area (Å²) in [5, 5.41) is 16.8. The van der Waals surface area contributed by atoms with Crippen molar-refractivity contribution in [1.29, 1.82) is 0 Å². The largest absolute Gasteiger partial charge is 0.493 e. The summed E-state index contributed by atoms with van der Waals surface area (Å²) in [6.07, 6.45) is 0.678. The predicted octanol–water partition coefficient (Wildman–Crippen LogP) is 5.44. The summed E-state index contributed by atoms with van der Waals surface area (Å²) in [7, 11) is 0. The fraction of sp³-hybridized carbons (Fsp3) is 0.316. The molecule has 2 aromatic heterocycles. The molecule has 1 aromatic carbocycles. The van der Waals surface area contributed by atoms with Crippen LogP contribution in [-0.4, -0.2) is 32.9 Å². The predicted molar refractivity (Wildman–Crippen MR) is 114 cm³/mol. The van der Waals surface area contributed by atoms with Gasteiger partial charge in [0.1, 0.15) is 17.4 Å². The smallest absolute Gasteiger partial charge is 0.178 e. The standard InChI is InChI=1S/C19H19BrN6OS/c1-12-21-19(3,25-22-12)10-11-27-15-6-4-14(5-7-15)26-13(2)23-24-18(26)16-8-9-17(20)28-16/h4-9H,10-11H2,1-3H3. The van der Waals surface area contributed by atoms with Crippen LogP contribution in [0.4, 0.5) is 0 Å². The summed E-state index contributed by atoms with van der Waals surface area (Å²) in [6, 6.07) is 12.0. The second kappa shape index (κ2) is 7.56. The van der Waals surface area contributed by atoms with E-state index in [1.165, 1.54) is 0 Å². The first-order valence-corrected chi connectivity index (χ1v) is 10.4. The molecule has 1 aliphatic heterocycles. The zero-order valence-corrected chi connectivity index (χ0v) is 18.2. The number of azo groups is 1. The van der Waals surface area contributed by atoms with E-state index in [0.717, 1.165) is 31.7 Å². The Labute approximate surface area is 175 Å². The van der Waals surface area contributed by atoms with E-state index in [4.69, 9.17) is 4.74 Å². The first-order valence-electron chi connectivity index (χ1n) is 8.84. The topological polar surface area (TPSA) is 77.0 Å². The van der Waals surface area contributed by atoms with Crippen LogP contribution in [0.5, 0.6) is 5.75 Å². The summed E-state index contributed by atoms with van der Waals surface area (Å²) >= 11 is 5.14. The number of amidine groups is 1. The number of hydrogen-bond acceptors (Lipinski definition) is 7. The quantitative estimate of drug-likeness (QED) is 0.493. The average Bonchev–Trinajstić information content (AvgIpc) is 3.35. The van der Waals surface area contributed by atoms with Crippen molar-refractivity contribution in [3.63, 3.8) is 0 Å². The highest BCUT2D eigenvalue weighted by Gasteiger charge is 2.26. The van der Waals surface area contributed by atoms with Gasteiger partial charge in [0, 0.05) is 12.1 Å². The van der Waals surface area contributed by atoms with Crippen LogP contribution < -0.4 is 4.74 Å². The monoisotopic (exact) mass is 458 g/mol. The van der Waals surface area contributed by atoms with Gasteiger partial charge in [-0.05, 0) is 73.1 Å². The Morgan fingerprint density at radius 2 is 1.89 bits per heavy atom. The molecule has 0 aliphatic carbocycles. The normalized spacial score (nSPS) is 18.5. The lowest BCUT2D eigenvalue weighted by atomic mass is 10.1. The molecule has 0 spiro atoms. The fourth-order valence-corrected chi connectivity index (χ4v) is 4.36. The minimum Gasteiger partial charge on any atom is -0.493 e. The first-order chi connectivity index (χ1) is 13.4. The van der Waals surface area contributed by atoms with E-state index in [2.05, 4.69) is 41.3 Å². The SMILES string of the molecule is CC1=NC(C)(CCOc2ccc(-n3c(C)nnc3-c3ccc(Br)s3)cc2)N=N1. The second-order valence-electron chi connectivity index (χ2n) is 6.68. The third-order valence-electron chi connectivity index (χ3n) is 4.37. The minimum atomic E-state index is -0.506. The van der Waals surface area contributed by atoms with Gasteiger partial charge in [0.05, 0.1) is 15.3 Å². The van der Waals surface area contributed by atoms with E-state index in [0.29, 0.717) is 18.9 Å². The Bertz CT molecular complexity index is 1050. The van der Waals surface area contributed by atoms with Crippen molar-refractivity contribution >= 4 is 33.1 Å². The van der Waals surface area contributed by atoms with E-state index < -0.39 is 5.66 Å². The lowest BCUT2D eigenvalue weighted by Crippen LogP contribution is -2.20. The first kappa shape index (κ1) is 18.9. The summed E-state index contributed by atoms with van der Waals surface area (Å²) in [6.45, 7) is 6.28. The van der Waals surface area contributed by atoms with Gasteiger partial charge in [-0.15, -0.1) is 26.6 Å². The number of ether oxygens (including phenoxy) is 1. The van der Waals surface area contributed by atoms with E-state index in [1.54, 1.807) is 11.3 Å². The van der Waals surface area contributed by atoms with Gasteiger partial charge in [-0.2, -0.15) is 5.11 Å². The molecule has 0 N–H and O–H groups in total. The minimum absolute atomic E-state index is 0.506. The van der Waals surface area contributed by atoms with Gasteiger partial charge in [-0.25, -0.2) is 4.99 Å². The maximum absolute atomic E-state index is 5.87. The summed E-state index contributed by atoms with van der Waals surface area (Å²) < 4.78 is 8.98. The number of hydrogen-bond donors (Lipinski definition) is 0. The van der Waals surface area contributed by atoms with Crippen LogP contribution in [0, 0.1) is 6.92 Å². The van der Waals surface area contributed by atoms with Crippen molar-refractivity contribution in [2.24, 2.45) is 15.2 Å². The van der Waals surface area contributed by atoms with Gasteiger partial charge in [0.25, 0.3) is 0 Å². The highest BCUT2D eigenvalue weighted by atomic mass is 79.9. The van der Waals surface area contributed by atoms with Gasteiger partial charge < -0.3 is 4.74 Å². The van der Waals surface area contributed by atoms with Crippen LogP contribution in [0.1, 0.15) is 26.1 Å². The van der Waals surface area contributed by atoms with E-state index in [1.807, 2.05) is 61.7 Å². The highest BCUT2D eigenvalue weighted by Crippen LogP contribution is 2.32. The van der Waals surface area contributed by atoms with Gasteiger partial charge in [0.2, 0.25) is 0 Å². The number of nitrogens with zero attached hydrogens (tertiary/aromatic N) is 6. The van der Waals surface area contributed by atoms with Crippen LogP contribution in [0.15, 0.2) is 55.4 Å². The van der Waals surface area contributed by atoms with Gasteiger partial charge >= 0.3 is 0 Å². The number of rotatable bonds is 6. The molecule has 144 valence electrons. The lowest BCUT2D eigenvalue weighted by molar-refractivity contribution is 0.270. The van der Waals surface area contributed by atoms with Crippen LogP contribution >= 0.6 is 27.3 Å². The zero-order chi connectivity index (χ0) is 19.7. The van der Waals surface area contributed by atoms with E-state index in [-0.39, 0.29) is 0 Å². The Morgan fingerprint density at radius 1 is 1.11 bits per heavy atom. The second-order valence-corrected chi connectivity index (χ2v) is 9.14. The van der Waals surface area contributed by atoms with Crippen molar-refractivity contribution in [3.05, 3.63) is 46.0 Å². The average molecular weight is 459 g/mol. The molecular weight excluding hydrogens is 440 g/mol. The molecule has 0 amide bonds. The maximum atomic E-state index is 5.87. The number of halogens is 1. The molecule has 0 fully saturated rings. The Hall–Kier alpha value is -2.39. The molecule has 0 saturated heterocycles. The third kappa shape index (κ3) is 3.90. The molecule has 28 heavy (non-hydrogen) atoms. The van der Waals surface area contributed by atoms with Crippen molar-refractivity contribution in [1.82, 2.24) is 14.8 Å². The Kier molecular flexibility index (Phi) is 5.11. The van der Waals surface area contributed by atoms with Crippen molar-refractivity contribution in [2.75, 3.05) is 6.61 Å². The van der Waals surface area contributed by atoms with Crippen LogP contribution in [-0.2, 0) is 0 Å². The molecule has 3 aromatic rings. The Balaban J connectivity index is 1.47. The highest BCUT2D eigenvalue weighted by molar-refractivity contribution is 9.11. The zero-order valence-electron chi connectivity index (χ0n) is 15.8. The van der Waals surface area contributed by atoms with Gasteiger partial charge in [-0.1, -0.05) is 0 Å². The van der Waals surface area contributed by atoms with E-state index in [9.17, 15) is 0 Å². The van der Waals surface area contributed by atoms with Crippen LogP contribution in [0.2, 0.25) is 0 Å². The number of aliphatic imine (C=N–C) groups is 1. The number of aromatic nitrogens is 3. The van der Waals surface area contributed by atoms with Crippen molar-refractivity contribution in [3.8, 4) is 22.1 Å². The number of benzene rings is 1. The fourth-order valence-electron chi connectivity index (χ4n) is 3.00. The molecule has 0 saturated carbocycles. The molecule has 1 aliphatic rings.